The predicted octanol–water partition coefficient (Wildman–Crippen LogP) is -0.511. The largest absolute Gasteiger partial charge is 0.344 e. The highest BCUT2D eigenvalue weighted by atomic mass is 32.2. The molecule has 0 aromatic carbocycles. The zero-order valence-corrected chi connectivity index (χ0v) is 10.7. The second-order valence-electron chi connectivity index (χ2n) is 4.43. The zero-order valence-electron chi connectivity index (χ0n) is 9.90. The molecule has 0 aromatic heterocycles. The molecule has 1 aliphatic rings. The average Bonchev–Trinajstić information content (AvgIpc) is 2.25. The molecule has 0 bridgehead atoms. The molecule has 16 heavy (non-hydrogen) atoms. The Bertz CT molecular complexity index is 334. The summed E-state index contributed by atoms with van der Waals surface area (Å²) in [4.78, 5) is 13.4. The molecule has 0 aromatic rings. The minimum absolute atomic E-state index is 0.0123. The highest BCUT2D eigenvalue weighted by Crippen LogP contribution is 2.12. The molecule has 1 fully saturated rings. The number of nitrogens with one attached hydrogen (secondary N) is 1. The van der Waals surface area contributed by atoms with Crippen LogP contribution in [0, 0.1) is 5.92 Å². The standard InChI is InChI=1S/C10H20N2O3S/c1-12(6-7-16(2,14)15)10(13)9-4-3-5-11-8-9/h9,11H,3-8H2,1-2H3. The van der Waals surface area contributed by atoms with Gasteiger partial charge in [-0.05, 0) is 19.4 Å². The summed E-state index contributed by atoms with van der Waals surface area (Å²) in [6.07, 6.45) is 3.10. The van der Waals surface area contributed by atoms with Crippen molar-refractivity contribution in [3.05, 3.63) is 0 Å². The van der Waals surface area contributed by atoms with Gasteiger partial charge in [-0.3, -0.25) is 4.79 Å². The van der Waals surface area contributed by atoms with Crippen molar-refractivity contribution in [2.24, 2.45) is 5.92 Å². The number of sulfone groups is 1. The van der Waals surface area contributed by atoms with E-state index in [0.717, 1.165) is 19.4 Å². The Hall–Kier alpha value is -0.620. The first kappa shape index (κ1) is 13.4. The maximum Gasteiger partial charge on any atom is 0.226 e. The number of carbonyl (C=O) groups is 1. The molecular weight excluding hydrogens is 228 g/mol. The van der Waals surface area contributed by atoms with Gasteiger partial charge in [-0.15, -0.1) is 0 Å². The summed E-state index contributed by atoms with van der Waals surface area (Å²) < 4.78 is 22.0. The summed E-state index contributed by atoms with van der Waals surface area (Å²) in [6, 6.07) is 0. The third-order valence-electron chi connectivity index (χ3n) is 2.82. The van der Waals surface area contributed by atoms with Gasteiger partial charge in [-0.1, -0.05) is 0 Å². The lowest BCUT2D eigenvalue weighted by Crippen LogP contribution is -2.42. The van der Waals surface area contributed by atoms with Crippen molar-refractivity contribution in [2.45, 2.75) is 12.8 Å². The topological polar surface area (TPSA) is 66.5 Å². The van der Waals surface area contributed by atoms with Gasteiger partial charge in [0.1, 0.15) is 9.84 Å². The summed E-state index contributed by atoms with van der Waals surface area (Å²) in [7, 11) is -1.32. The van der Waals surface area contributed by atoms with E-state index in [9.17, 15) is 13.2 Å². The van der Waals surface area contributed by atoms with Crippen LogP contribution in [0.2, 0.25) is 0 Å². The molecule has 1 N–H and O–H groups in total. The molecule has 1 atom stereocenters. The number of nitrogens with zero attached hydrogens (tertiary/aromatic N) is 1. The SMILES string of the molecule is CN(CCS(C)(=O)=O)C(=O)C1CCCNC1. The van der Waals surface area contributed by atoms with Gasteiger partial charge < -0.3 is 10.2 Å². The maximum absolute atomic E-state index is 11.9. The number of amides is 1. The van der Waals surface area contributed by atoms with E-state index < -0.39 is 9.84 Å². The van der Waals surface area contributed by atoms with Crippen LogP contribution in [-0.4, -0.2) is 57.9 Å². The van der Waals surface area contributed by atoms with Crippen LogP contribution in [-0.2, 0) is 14.6 Å². The summed E-state index contributed by atoms with van der Waals surface area (Å²) in [5, 5.41) is 3.18. The lowest BCUT2D eigenvalue weighted by Gasteiger charge is -2.26. The molecule has 5 nitrogen and oxygen atoms in total. The van der Waals surface area contributed by atoms with E-state index in [-0.39, 0.29) is 24.1 Å². The van der Waals surface area contributed by atoms with Crippen LogP contribution in [0.3, 0.4) is 0 Å². The Morgan fingerprint density at radius 1 is 1.50 bits per heavy atom. The van der Waals surface area contributed by atoms with Crippen LogP contribution in [0.4, 0.5) is 0 Å². The van der Waals surface area contributed by atoms with Crippen LogP contribution in [0.1, 0.15) is 12.8 Å². The molecule has 94 valence electrons. The Morgan fingerprint density at radius 3 is 2.69 bits per heavy atom. The van der Waals surface area contributed by atoms with E-state index in [1.165, 1.54) is 11.2 Å². The van der Waals surface area contributed by atoms with E-state index in [1.807, 2.05) is 0 Å². The van der Waals surface area contributed by atoms with E-state index in [1.54, 1.807) is 7.05 Å². The van der Waals surface area contributed by atoms with Crippen molar-refractivity contribution >= 4 is 15.7 Å². The maximum atomic E-state index is 11.9. The molecule has 6 heteroatoms. The van der Waals surface area contributed by atoms with Crippen molar-refractivity contribution < 1.29 is 13.2 Å². The number of rotatable bonds is 4. The minimum atomic E-state index is -2.99. The van der Waals surface area contributed by atoms with Crippen LogP contribution >= 0.6 is 0 Å². The van der Waals surface area contributed by atoms with Crippen molar-refractivity contribution in [1.82, 2.24) is 10.2 Å². The summed E-state index contributed by atoms with van der Waals surface area (Å²) in [5.41, 5.74) is 0. The molecule has 0 radical (unpaired) electrons. The summed E-state index contributed by atoms with van der Waals surface area (Å²) >= 11 is 0. The second-order valence-corrected chi connectivity index (χ2v) is 6.69. The van der Waals surface area contributed by atoms with E-state index in [0.29, 0.717) is 6.54 Å². The van der Waals surface area contributed by atoms with Crippen molar-refractivity contribution in [2.75, 3.05) is 38.7 Å². The van der Waals surface area contributed by atoms with Crippen molar-refractivity contribution in [1.29, 1.82) is 0 Å². The van der Waals surface area contributed by atoms with Crippen molar-refractivity contribution in [3.63, 3.8) is 0 Å². The van der Waals surface area contributed by atoms with Gasteiger partial charge in [0.2, 0.25) is 5.91 Å². The van der Waals surface area contributed by atoms with Gasteiger partial charge in [-0.25, -0.2) is 8.42 Å². The summed E-state index contributed by atoms with van der Waals surface area (Å²) in [6.45, 7) is 1.97. The molecule has 1 unspecified atom stereocenters. The molecule has 0 aliphatic carbocycles. The number of hydrogen-bond donors (Lipinski definition) is 1. The predicted molar refractivity (Wildman–Crippen MR) is 62.9 cm³/mol. The normalized spacial score (nSPS) is 21.8. The van der Waals surface area contributed by atoms with Gasteiger partial charge in [0.15, 0.2) is 0 Å². The first-order valence-electron chi connectivity index (χ1n) is 5.53. The van der Waals surface area contributed by atoms with Gasteiger partial charge in [-0.2, -0.15) is 0 Å². The van der Waals surface area contributed by atoms with Gasteiger partial charge in [0, 0.05) is 26.4 Å². The average molecular weight is 248 g/mol. The zero-order chi connectivity index (χ0) is 12.2. The first-order valence-corrected chi connectivity index (χ1v) is 7.59. The van der Waals surface area contributed by atoms with Crippen LogP contribution in [0.5, 0.6) is 0 Å². The third-order valence-corrected chi connectivity index (χ3v) is 3.74. The fourth-order valence-electron chi connectivity index (χ4n) is 1.79. The van der Waals surface area contributed by atoms with E-state index in [4.69, 9.17) is 0 Å². The lowest BCUT2D eigenvalue weighted by atomic mass is 9.98. The Morgan fingerprint density at radius 2 is 2.19 bits per heavy atom. The molecule has 0 saturated carbocycles. The second kappa shape index (κ2) is 5.63. The lowest BCUT2D eigenvalue weighted by molar-refractivity contribution is -0.134. The molecular formula is C10H20N2O3S. The van der Waals surface area contributed by atoms with Crippen LogP contribution in [0.15, 0.2) is 0 Å². The van der Waals surface area contributed by atoms with Crippen LogP contribution in [0.25, 0.3) is 0 Å². The van der Waals surface area contributed by atoms with E-state index in [2.05, 4.69) is 5.32 Å². The Balaban J connectivity index is 2.40. The monoisotopic (exact) mass is 248 g/mol. The molecule has 0 spiro atoms. The van der Waals surface area contributed by atoms with Gasteiger partial charge in [0.25, 0.3) is 0 Å². The number of carbonyl (C=O) groups excluding carboxylic acids is 1. The molecule has 1 rings (SSSR count). The van der Waals surface area contributed by atoms with Crippen LogP contribution < -0.4 is 5.32 Å². The minimum Gasteiger partial charge on any atom is -0.344 e. The molecule has 1 aliphatic heterocycles. The fraction of sp³-hybridized carbons (Fsp3) is 0.900. The first-order chi connectivity index (χ1) is 7.40. The third kappa shape index (κ3) is 4.49. The Labute approximate surface area is 97.1 Å². The number of piperidine rings is 1. The fourth-order valence-corrected chi connectivity index (χ4v) is 2.39. The van der Waals surface area contributed by atoms with Gasteiger partial charge in [0.05, 0.1) is 11.7 Å². The molecule has 1 heterocycles. The number of hydrogen-bond acceptors (Lipinski definition) is 4. The van der Waals surface area contributed by atoms with Gasteiger partial charge >= 0.3 is 0 Å². The highest BCUT2D eigenvalue weighted by Gasteiger charge is 2.24. The molecule has 1 amide bonds. The smallest absolute Gasteiger partial charge is 0.226 e. The quantitative estimate of drug-likeness (QED) is 0.727. The van der Waals surface area contributed by atoms with Crippen molar-refractivity contribution in [3.8, 4) is 0 Å². The van der Waals surface area contributed by atoms with E-state index >= 15 is 0 Å². The summed E-state index contributed by atoms with van der Waals surface area (Å²) in [5.74, 6) is 0.101. The highest BCUT2D eigenvalue weighted by molar-refractivity contribution is 7.90. The Kier molecular flexibility index (Phi) is 4.73. The molecule has 1 saturated heterocycles.